The largest absolute Gasteiger partial charge is 0.309 e. The van der Waals surface area contributed by atoms with Crippen LogP contribution < -0.4 is 0 Å². The molecule has 8 heterocycles. The molecular weight excluding hydrogens is 1650 g/mol. The van der Waals surface area contributed by atoms with Gasteiger partial charge in [0.1, 0.15) is 6.33 Å². The van der Waals surface area contributed by atoms with E-state index in [1.807, 2.05) is 43.0 Å². The third-order valence-electron chi connectivity index (χ3n) is 29.4. The SMILES string of the molecule is CC1(C)c2ccccc2-c2ccc3c(c21)c1ccccc1n3-c1cc(-c2ccccc2)nc(-c2ccccc2)c1.CC1(C)c2ccccc2-c2ccc3c(c21)c1ccccc1n3-c1cccnc1.CC1(C)c2ccccc2-c2ccc3c(c21)c1ccccc1n3-c1cncnc1.CC1(C)c2ccccc2-c2ccc3c(c21)c1ccccc1n3-c1nc(-c2ccccc2)cc(-c2ccccc2)n1. The van der Waals surface area contributed by atoms with Gasteiger partial charge in [0.25, 0.3) is 0 Å². The van der Waals surface area contributed by atoms with Gasteiger partial charge in [0, 0.05) is 93.2 Å². The van der Waals surface area contributed by atoms with Gasteiger partial charge in [-0.3, -0.25) is 9.55 Å². The van der Waals surface area contributed by atoms with Gasteiger partial charge in [-0.25, -0.2) is 24.9 Å². The molecule has 0 radical (unpaired) electrons. The molecule has 24 aromatic rings. The molecule has 0 saturated heterocycles. The van der Waals surface area contributed by atoms with E-state index in [9.17, 15) is 0 Å². The minimum atomic E-state index is -0.123. The maximum atomic E-state index is 5.19. The van der Waals surface area contributed by atoms with Crippen molar-refractivity contribution in [3.63, 3.8) is 0 Å². The van der Waals surface area contributed by atoms with Crippen LogP contribution in [0.3, 0.4) is 0 Å². The zero-order valence-corrected chi connectivity index (χ0v) is 76.9. The number of para-hydroxylation sites is 4. The van der Waals surface area contributed by atoms with Crippen molar-refractivity contribution in [2.45, 2.75) is 77.0 Å². The highest BCUT2D eigenvalue weighted by atomic mass is 15.2. The van der Waals surface area contributed by atoms with Gasteiger partial charge in [-0.2, -0.15) is 0 Å². The Balaban J connectivity index is 0.0000000979. The molecule has 4 aliphatic rings. The molecule has 0 saturated carbocycles. The zero-order chi connectivity index (χ0) is 91.5. The van der Waals surface area contributed by atoms with E-state index in [-0.39, 0.29) is 21.7 Å². The van der Waals surface area contributed by atoms with Crippen LogP contribution >= 0.6 is 0 Å². The number of rotatable bonds is 8. The molecule has 8 aromatic heterocycles. The van der Waals surface area contributed by atoms with Crippen molar-refractivity contribution < 1.29 is 0 Å². The van der Waals surface area contributed by atoms with Gasteiger partial charge in [0.2, 0.25) is 5.95 Å². The third-order valence-corrected chi connectivity index (χ3v) is 29.4. The van der Waals surface area contributed by atoms with E-state index < -0.39 is 0 Å². The quantitative estimate of drug-likeness (QED) is 0.150. The van der Waals surface area contributed by atoms with Gasteiger partial charge in [0.05, 0.1) is 103 Å². The van der Waals surface area contributed by atoms with Crippen LogP contribution in [0.4, 0.5) is 0 Å². The maximum Gasteiger partial charge on any atom is 0.235 e. The Morgan fingerprint density at radius 1 is 0.199 bits per heavy atom. The molecule has 0 unspecified atom stereocenters. The Hall–Kier alpha value is -16.8. The Kier molecular flexibility index (Phi) is 18.8. The summed E-state index contributed by atoms with van der Waals surface area (Å²) in [5.41, 5.74) is 42.6. The van der Waals surface area contributed by atoms with E-state index in [0.29, 0.717) is 5.95 Å². The van der Waals surface area contributed by atoms with Gasteiger partial charge in [-0.1, -0.05) is 371 Å². The molecule has 16 aromatic carbocycles. The van der Waals surface area contributed by atoms with Crippen LogP contribution in [0.2, 0.25) is 0 Å². The number of aromatic nitrogens is 10. The second-order valence-electron chi connectivity index (χ2n) is 38.4. The van der Waals surface area contributed by atoms with Crippen LogP contribution in [0.5, 0.6) is 0 Å². The highest BCUT2D eigenvalue weighted by molar-refractivity contribution is 6.19. The number of hydrogen-bond acceptors (Lipinski definition) is 6. The first-order valence-electron chi connectivity index (χ1n) is 47.0. The first-order chi connectivity index (χ1) is 66.6. The highest BCUT2D eigenvalue weighted by Gasteiger charge is 2.43. The lowest BCUT2D eigenvalue weighted by molar-refractivity contribution is 0.666. The molecule has 28 rings (SSSR count). The second-order valence-corrected chi connectivity index (χ2v) is 38.4. The standard InChI is InChI=1S/C38H28N2.C37H27N3.C26H20N2.C25H19N3/c1-38(2)31-19-11-9-17-28(31)29-21-22-35-36(37(29)38)30-18-10-12-20-34(30)40(35)27-23-32(25-13-5-3-6-14-25)39-33(24-27)26-15-7-4-8-16-26;1-37(2)29-19-11-9-17-26(29)27-21-22-33-34(35(27)37)28-18-10-12-20-32(28)40(33)36-38-30(24-13-5-3-6-14-24)23-31(39-36)25-15-7-4-8-16-25;1-26(2)21-11-5-3-9-18(21)19-13-14-23-24(25(19)26)20-10-4-6-12-22(20)28(23)17-8-7-15-27-16-17;1-25(2)20-9-5-3-7-17(20)18-11-12-22-23(24(18)25)19-8-4-6-10-21(19)28(22)16-13-26-15-27-14-16/h3-24H,1-2H3;3-23H,1-2H3;3-16H,1-2H3;3-15H,1-2H3. The van der Waals surface area contributed by atoms with Crippen LogP contribution in [-0.4, -0.2) is 48.2 Å². The average molecular weight is 1750 g/mol. The van der Waals surface area contributed by atoms with Gasteiger partial charge >= 0.3 is 0 Å². The Bertz CT molecular complexity index is 8310. The lowest BCUT2D eigenvalue weighted by atomic mass is 9.80. The normalized spacial score (nSPS) is 13.8. The van der Waals surface area contributed by atoms with E-state index >= 15 is 0 Å². The molecule has 136 heavy (non-hydrogen) atoms. The van der Waals surface area contributed by atoms with E-state index in [1.54, 1.807) is 6.33 Å². The summed E-state index contributed by atoms with van der Waals surface area (Å²) in [7, 11) is 0. The van der Waals surface area contributed by atoms with Crippen LogP contribution in [0, 0.1) is 0 Å². The van der Waals surface area contributed by atoms with E-state index in [1.165, 1.54) is 165 Å². The predicted molar refractivity (Wildman–Crippen MR) is 562 cm³/mol. The number of hydrogen-bond donors (Lipinski definition) is 0. The van der Waals surface area contributed by atoms with Crippen molar-refractivity contribution in [3.05, 3.63) is 470 Å². The van der Waals surface area contributed by atoms with E-state index in [4.69, 9.17) is 15.0 Å². The zero-order valence-electron chi connectivity index (χ0n) is 76.9. The van der Waals surface area contributed by atoms with Crippen molar-refractivity contribution in [3.8, 4) is 113 Å². The van der Waals surface area contributed by atoms with Crippen LogP contribution in [-0.2, 0) is 21.7 Å². The molecule has 0 fully saturated rings. The van der Waals surface area contributed by atoms with Gasteiger partial charge < -0.3 is 13.7 Å². The van der Waals surface area contributed by atoms with Crippen molar-refractivity contribution in [1.82, 2.24) is 48.2 Å². The highest BCUT2D eigenvalue weighted by Crippen LogP contribution is 2.59. The monoisotopic (exact) mass is 1750 g/mol. The lowest BCUT2D eigenvalue weighted by Crippen LogP contribution is -2.15. The number of benzene rings is 16. The van der Waals surface area contributed by atoms with E-state index in [2.05, 4.69) is 465 Å². The molecule has 10 heteroatoms. The fraction of sp³-hybridized carbons (Fsp3) is 0.0952. The fourth-order valence-electron chi connectivity index (χ4n) is 23.5. The van der Waals surface area contributed by atoms with Gasteiger partial charge in [-0.05, 0) is 168 Å². The molecule has 0 spiro atoms. The van der Waals surface area contributed by atoms with Crippen LogP contribution in [0.1, 0.15) is 99.9 Å². The summed E-state index contributed by atoms with van der Waals surface area (Å²) in [5.74, 6) is 0.680. The average Bonchev–Trinajstić information content (AvgIpc) is 1.55. The number of nitrogens with zero attached hydrogens (tertiary/aromatic N) is 10. The summed E-state index contributed by atoms with van der Waals surface area (Å²) in [6, 6.07) is 141. The summed E-state index contributed by atoms with van der Waals surface area (Å²) in [6.45, 7) is 18.8. The Morgan fingerprint density at radius 3 is 0.801 bits per heavy atom. The minimum Gasteiger partial charge on any atom is -0.309 e. The summed E-state index contributed by atoms with van der Waals surface area (Å²) < 4.78 is 9.31. The third kappa shape index (κ3) is 12.5. The first kappa shape index (κ1) is 81.2. The molecule has 4 aliphatic carbocycles. The number of fused-ring (bicyclic) bond motifs is 28. The summed E-state index contributed by atoms with van der Waals surface area (Å²) in [5, 5.41) is 10.4. The summed E-state index contributed by atoms with van der Waals surface area (Å²) >= 11 is 0. The molecular formula is C126H94N10. The molecule has 648 valence electrons. The molecule has 0 aliphatic heterocycles. The lowest BCUT2D eigenvalue weighted by Gasteiger charge is -2.22. The topological polar surface area (TPSA) is 97.1 Å². The van der Waals surface area contributed by atoms with Crippen molar-refractivity contribution >= 4 is 87.2 Å². The molecule has 0 N–H and O–H groups in total. The molecule has 0 amide bonds. The number of pyridine rings is 2. The Morgan fingerprint density at radius 2 is 0.471 bits per heavy atom. The second kappa shape index (κ2) is 31.4. The van der Waals surface area contributed by atoms with Crippen molar-refractivity contribution in [2.24, 2.45) is 0 Å². The van der Waals surface area contributed by atoms with Crippen molar-refractivity contribution in [1.29, 1.82) is 0 Å². The molecule has 0 atom stereocenters. The van der Waals surface area contributed by atoms with E-state index in [0.717, 1.165) is 73.1 Å². The smallest absolute Gasteiger partial charge is 0.235 e. The van der Waals surface area contributed by atoms with Crippen LogP contribution in [0.25, 0.3) is 200 Å². The summed E-state index contributed by atoms with van der Waals surface area (Å²) in [6.07, 6.45) is 9.11. The Labute approximate surface area is 789 Å². The van der Waals surface area contributed by atoms with Gasteiger partial charge in [-0.15, -0.1) is 0 Å². The van der Waals surface area contributed by atoms with Crippen LogP contribution in [0.15, 0.2) is 425 Å². The predicted octanol–water partition coefficient (Wildman–Crippen LogP) is 31.4. The first-order valence-corrected chi connectivity index (χ1v) is 47.0. The summed E-state index contributed by atoms with van der Waals surface area (Å²) in [4.78, 5) is 28.4. The van der Waals surface area contributed by atoms with Gasteiger partial charge in [0.15, 0.2) is 0 Å². The minimum absolute atomic E-state index is 0.0324. The van der Waals surface area contributed by atoms with Crippen molar-refractivity contribution in [2.75, 3.05) is 0 Å². The molecule has 0 bridgehead atoms. The fourth-order valence-corrected chi connectivity index (χ4v) is 23.5. The molecule has 10 nitrogen and oxygen atoms in total. The maximum absolute atomic E-state index is 5.19.